The van der Waals surface area contributed by atoms with Crippen LogP contribution < -0.4 is 0 Å². The molecule has 0 amide bonds. The average molecular weight is 721 g/mol. The van der Waals surface area contributed by atoms with Gasteiger partial charge >= 0.3 is 0 Å². The van der Waals surface area contributed by atoms with E-state index in [9.17, 15) is 12.3 Å². The van der Waals surface area contributed by atoms with Gasteiger partial charge in [0.25, 0.3) is 0 Å². The normalized spacial score (nSPS) is 19.9. The molecular formula is C51H33N3. The number of rotatable bonds is 6. The molecule has 0 saturated heterocycles. The summed E-state index contributed by atoms with van der Waals surface area (Å²) in [4.78, 5) is 13.0. The molecule has 10 rings (SSSR count). The van der Waals surface area contributed by atoms with Crippen molar-refractivity contribution in [1.29, 1.82) is 0 Å². The Labute approximate surface area is 360 Å². The van der Waals surface area contributed by atoms with Gasteiger partial charge in [0.05, 0.1) is 45.2 Å². The summed E-state index contributed by atoms with van der Waals surface area (Å²) in [6, 6.07) is -33.0. The molecule has 9 aromatic carbocycles. The van der Waals surface area contributed by atoms with Crippen molar-refractivity contribution < 1.29 is 45.2 Å². The predicted octanol–water partition coefficient (Wildman–Crippen LogP) is 13.3. The number of benzene rings is 9. The smallest absolute Gasteiger partial charge is 0.164 e. The second-order valence-corrected chi connectivity index (χ2v) is 11.1. The van der Waals surface area contributed by atoms with Crippen LogP contribution in [-0.2, 0) is 0 Å². The lowest BCUT2D eigenvalue weighted by Crippen LogP contribution is -2.01. The average Bonchev–Trinajstić information content (AvgIpc) is 0.776. The highest BCUT2D eigenvalue weighted by Gasteiger charge is 2.17. The van der Waals surface area contributed by atoms with E-state index in [1.165, 1.54) is 0 Å². The van der Waals surface area contributed by atoms with E-state index in [2.05, 4.69) is 15.0 Å². The molecular weight excluding hydrogens is 655 g/mol. The summed E-state index contributed by atoms with van der Waals surface area (Å²) >= 11 is 0. The van der Waals surface area contributed by atoms with E-state index >= 15 is 0 Å². The summed E-state index contributed by atoms with van der Waals surface area (Å²) in [6.07, 6.45) is 0. The van der Waals surface area contributed by atoms with Gasteiger partial charge in [-0.25, -0.2) is 15.0 Å². The van der Waals surface area contributed by atoms with E-state index in [4.69, 9.17) is 32.9 Å². The van der Waals surface area contributed by atoms with Crippen LogP contribution in [0.1, 0.15) is 45.2 Å². The molecule has 0 fully saturated rings. The van der Waals surface area contributed by atoms with Crippen molar-refractivity contribution in [1.82, 2.24) is 15.0 Å². The molecule has 10 aromatic rings. The summed E-state index contributed by atoms with van der Waals surface area (Å²) in [5.74, 6) is -3.16. The summed E-state index contributed by atoms with van der Waals surface area (Å²) in [7, 11) is 0. The van der Waals surface area contributed by atoms with Gasteiger partial charge in [-0.05, 0) is 71.7 Å². The number of nitrogens with zero attached hydrogens (tertiary/aromatic N) is 3. The third-order valence-electron chi connectivity index (χ3n) is 7.93. The van der Waals surface area contributed by atoms with Crippen LogP contribution in [0.3, 0.4) is 0 Å². The largest absolute Gasteiger partial charge is 0.208 e. The Morgan fingerprint density at radius 3 is 1.44 bits per heavy atom. The summed E-state index contributed by atoms with van der Waals surface area (Å²) in [5.41, 5.74) is -7.93. The van der Waals surface area contributed by atoms with Crippen LogP contribution in [0.2, 0.25) is 0 Å². The monoisotopic (exact) mass is 720 g/mol. The van der Waals surface area contributed by atoms with Crippen molar-refractivity contribution in [3.63, 3.8) is 0 Å². The molecule has 0 aliphatic heterocycles. The lowest BCUT2D eigenvalue weighted by molar-refractivity contribution is 1.07. The van der Waals surface area contributed by atoms with Gasteiger partial charge in [0.15, 0.2) is 17.5 Å². The first-order chi connectivity index (χ1) is 40.5. The molecule has 1 heterocycles. The minimum absolute atomic E-state index is 0.591. The molecule has 252 valence electrons. The Bertz CT molecular complexity index is 4790. The molecule has 0 radical (unpaired) electrons. The number of fused-ring (bicyclic) bond motifs is 4. The molecule has 0 aliphatic carbocycles. The van der Waals surface area contributed by atoms with Crippen LogP contribution in [0.25, 0.3) is 99.9 Å². The highest BCUT2D eigenvalue weighted by molar-refractivity contribution is 6.20. The molecule has 54 heavy (non-hydrogen) atoms. The lowest BCUT2D eigenvalue weighted by atomic mass is 9.89. The van der Waals surface area contributed by atoms with Gasteiger partial charge in [0.2, 0.25) is 0 Å². The van der Waals surface area contributed by atoms with Crippen molar-refractivity contribution in [2.75, 3.05) is 0 Å². The van der Waals surface area contributed by atoms with Gasteiger partial charge in [0, 0.05) is 16.7 Å². The Morgan fingerprint density at radius 2 is 0.759 bits per heavy atom. The number of aromatic nitrogens is 3. The van der Waals surface area contributed by atoms with Gasteiger partial charge in [-0.15, -0.1) is 0 Å². The van der Waals surface area contributed by atoms with Crippen LogP contribution in [-0.4, -0.2) is 15.0 Å². The maximum absolute atomic E-state index is 9.72. The molecule has 0 atom stereocenters. The summed E-state index contributed by atoms with van der Waals surface area (Å²) < 4.78 is 294. The molecule has 0 bridgehead atoms. The first-order valence-corrected chi connectivity index (χ1v) is 15.6. The van der Waals surface area contributed by atoms with E-state index < -0.39 is 299 Å². The van der Waals surface area contributed by atoms with Gasteiger partial charge < -0.3 is 0 Å². The third kappa shape index (κ3) is 5.69. The van der Waals surface area contributed by atoms with Crippen molar-refractivity contribution in [2.24, 2.45) is 0 Å². The van der Waals surface area contributed by atoms with Crippen LogP contribution in [0, 0.1) is 0 Å². The fourth-order valence-corrected chi connectivity index (χ4v) is 5.54. The van der Waals surface area contributed by atoms with Crippen LogP contribution in [0.15, 0.2) is 199 Å². The first-order valence-electron chi connectivity index (χ1n) is 32.1. The molecule has 3 heteroatoms. The lowest BCUT2D eigenvalue weighted by Gasteiger charge is -2.15. The van der Waals surface area contributed by atoms with E-state index in [0.717, 1.165) is 0 Å². The van der Waals surface area contributed by atoms with Crippen molar-refractivity contribution in [3.8, 4) is 67.5 Å². The number of hydrogen-bond acceptors (Lipinski definition) is 3. The molecule has 0 N–H and O–H groups in total. The minimum atomic E-state index is -1.21. The van der Waals surface area contributed by atoms with Crippen molar-refractivity contribution >= 4 is 32.3 Å². The standard InChI is InChI=1S/C51H33N3/c1-3-13-34(14-4-1)35-23-27-39(28-24-35)49-52-50(54-51(53-49)46-22-12-11-19-42(46)36-15-5-2-6-16-36)40-29-25-38(26-30-40)48-44-21-10-8-18-41(44)33-47-43-20-9-7-17-37(43)31-32-45(47)48/h1-33H/i1D,2D,3D,4D,5D,6D,7D,8D,9D,10D,11D,12D,13D,14D,15D,16D,17D,18D,19D,20D,21D,22D,23D,24D,25D,26D,27D,28D,29D,30D,31D,32D,33D. The number of hydrogen-bond donors (Lipinski definition) is 0. The Morgan fingerprint density at radius 1 is 0.278 bits per heavy atom. The van der Waals surface area contributed by atoms with Crippen molar-refractivity contribution in [3.05, 3.63) is 199 Å². The zero-order chi connectivity index (χ0) is 64.6. The van der Waals surface area contributed by atoms with Crippen LogP contribution in [0.5, 0.6) is 0 Å². The molecule has 0 aliphatic rings. The molecule has 1 aromatic heterocycles. The van der Waals surface area contributed by atoms with Crippen LogP contribution >= 0.6 is 0 Å². The maximum Gasteiger partial charge on any atom is 0.164 e. The predicted molar refractivity (Wildman–Crippen MR) is 225 cm³/mol. The highest BCUT2D eigenvalue weighted by atomic mass is 15.0. The fourth-order valence-electron chi connectivity index (χ4n) is 5.54. The minimum Gasteiger partial charge on any atom is -0.208 e. The SMILES string of the molecule is [2H]c1c([2H])c([2H])c(-c2c([2H])c([2H])c(-c3nc(-c4c([2H])c([2H])c(-c5c6c([2H])c([2H])c([2H])c([2H])c6c([2H])c6c5c([2H])c([2H])c5c([2H])c([2H])c([2H])c([2H])c56)c([2H])c4[2H])nc(-c4c([2H])c([2H])c([2H])c([2H])c4-c4c([2H])c([2H])c([2H])c([2H])c4[2H])n3)c([2H])c2[2H])c([2H])c1[2H]. The summed E-state index contributed by atoms with van der Waals surface area (Å²) in [5, 5.41) is -3.92. The highest BCUT2D eigenvalue weighted by Crippen LogP contribution is 2.40. The topological polar surface area (TPSA) is 38.7 Å². The quantitative estimate of drug-likeness (QED) is 0.127. The fraction of sp³-hybridized carbons (Fsp3) is 0. The summed E-state index contributed by atoms with van der Waals surface area (Å²) in [6.45, 7) is 0. The van der Waals surface area contributed by atoms with Crippen molar-refractivity contribution in [2.45, 2.75) is 0 Å². The van der Waals surface area contributed by atoms with E-state index in [1.54, 1.807) is 0 Å². The Hall–Kier alpha value is -7.23. The van der Waals surface area contributed by atoms with E-state index in [1.807, 2.05) is 0 Å². The maximum atomic E-state index is 9.72. The Kier molecular flexibility index (Phi) is 3.08. The Balaban J connectivity index is 1.40. The first kappa shape index (κ1) is 12.4. The third-order valence-corrected chi connectivity index (χ3v) is 7.93. The molecule has 0 unspecified atom stereocenters. The van der Waals surface area contributed by atoms with Crippen LogP contribution in [0.4, 0.5) is 0 Å². The van der Waals surface area contributed by atoms with E-state index in [0.29, 0.717) is 0 Å². The van der Waals surface area contributed by atoms with Gasteiger partial charge in [-0.2, -0.15) is 0 Å². The second-order valence-electron chi connectivity index (χ2n) is 11.1. The second kappa shape index (κ2) is 13.4. The zero-order valence-corrected chi connectivity index (χ0v) is 26.8. The molecule has 0 spiro atoms. The van der Waals surface area contributed by atoms with E-state index in [-0.39, 0.29) is 0 Å². The molecule has 3 nitrogen and oxygen atoms in total. The zero-order valence-electron chi connectivity index (χ0n) is 59.8. The van der Waals surface area contributed by atoms with Gasteiger partial charge in [0.1, 0.15) is 0 Å². The van der Waals surface area contributed by atoms with Gasteiger partial charge in [-0.1, -0.05) is 193 Å². The van der Waals surface area contributed by atoms with Gasteiger partial charge in [-0.3, -0.25) is 0 Å². The molecule has 0 saturated carbocycles.